The van der Waals surface area contributed by atoms with Crippen LogP contribution in [0, 0.1) is 16.0 Å². The normalized spacial score (nSPS) is 20.3. The number of carbonyl (C=O) groups is 2. The van der Waals surface area contributed by atoms with Crippen LogP contribution in [0.2, 0.25) is 0 Å². The van der Waals surface area contributed by atoms with Gasteiger partial charge in [0.25, 0.3) is 11.6 Å². The van der Waals surface area contributed by atoms with Gasteiger partial charge in [0.05, 0.1) is 4.92 Å². The molecule has 9 nitrogen and oxygen atoms in total. The van der Waals surface area contributed by atoms with Gasteiger partial charge in [-0.2, -0.15) is 0 Å². The largest absolute Gasteiger partial charge is 0.362 e. The number of anilines is 1. The molecule has 2 amide bonds. The molecule has 29 heavy (non-hydrogen) atoms. The Hall–Kier alpha value is -2.68. The summed E-state index contributed by atoms with van der Waals surface area (Å²) in [5.41, 5.74) is 0.813. The minimum absolute atomic E-state index is 0.0512. The lowest BCUT2D eigenvalue weighted by atomic mass is 9.84. The smallest absolute Gasteiger partial charge is 0.293 e. The molecule has 0 aromatic heterocycles. The van der Waals surface area contributed by atoms with Crippen molar-refractivity contribution >= 4 is 23.2 Å². The van der Waals surface area contributed by atoms with Gasteiger partial charge in [-0.3, -0.25) is 19.7 Å². The van der Waals surface area contributed by atoms with E-state index in [1.807, 2.05) is 9.80 Å². The second-order valence-corrected chi connectivity index (χ2v) is 7.94. The molecular weight excluding hydrogens is 374 g/mol. The molecule has 1 aromatic carbocycles. The Balaban J connectivity index is 1.46. The predicted molar refractivity (Wildman–Crippen MR) is 108 cm³/mol. The Morgan fingerprint density at radius 2 is 1.69 bits per heavy atom. The van der Waals surface area contributed by atoms with Crippen molar-refractivity contribution in [2.24, 2.45) is 5.92 Å². The summed E-state index contributed by atoms with van der Waals surface area (Å²) in [6, 6.07) is 4.75. The number of benzene rings is 1. The number of nitrogens with one attached hydrogen (secondary N) is 1. The lowest BCUT2D eigenvalue weighted by molar-refractivity contribution is -0.384. The first-order chi connectivity index (χ1) is 14.0. The lowest BCUT2D eigenvalue weighted by Crippen LogP contribution is -2.51. The van der Waals surface area contributed by atoms with Crippen molar-refractivity contribution in [3.63, 3.8) is 0 Å². The van der Waals surface area contributed by atoms with Gasteiger partial charge in [0.1, 0.15) is 5.69 Å². The summed E-state index contributed by atoms with van der Waals surface area (Å²) in [5.74, 6) is 0.227. The van der Waals surface area contributed by atoms with Crippen LogP contribution in [0.3, 0.4) is 0 Å². The SMILES string of the molecule is O=C(c1ccc(N2CCN(C(=O)C3CCC3)CC2)c([N+](=O)[O-])c1)N1CCNCC1. The van der Waals surface area contributed by atoms with E-state index in [2.05, 4.69) is 5.32 Å². The summed E-state index contributed by atoms with van der Waals surface area (Å²) in [6.07, 6.45) is 3.09. The molecule has 156 valence electrons. The Labute approximate surface area is 169 Å². The van der Waals surface area contributed by atoms with E-state index in [0.717, 1.165) is 32.4 Å². The summed E-state index contributed by atoms with van der Waals surface area (Å²) in [7, 11) is 0. The highest BCUT2D eigenvalue weighted by atomic mass is 16.6. The first kappa shape index (κ1) is 19.6. The summed E-state index contributed by atoms with van der Waals surface area (Å²) < 4.78 is 0. The fourth-order valence-corrected chi connectivity index (χ4v) is 4.20. The summed E-state index contributed by atoms with van der Waals surface area (Å²) in [5, 5.41) is 14.9. The van der Waals surface area contributed by atoms with Gasteiger partial charge in [0.2, 0.25) is 5.91 Å². The summed E-state index contributed by atoms with van der Waals surface area (Å²) in [6.45, 7) is 4.94. The highest BCUT2D eigenvalue weighted by Crippen LogP contribution is 2.32. The summed E-state index contributed by atoms with van der Waals surface area (Å²) >= 11 is 0. The third kappa shape index (κ3) is 4.05. The van der Waals surface area contributed by atoms with Crippen LogP contribution in [-0.4, -0.2) is 78.9 Å². The van der Waals surface area contributed by atoms with E-state index in [1.165, 1.54) is 6.07 Å². The monoisotopic (exact) mass is 401 g/mol. The second-order valence-electron chi connectivity index (χ2n) is 7.94. The van der Waals surface area contributed by atoms with Crippen LogP contribution in [-0.2, 0) is 4.79 Å². The minimum atomic E-state index is -0.421. The van der Waals surface area contributed by atoms with Crippen LogP contribution >= 0.6 is 0 Å². The van der Waals surface area contributed by atoms with Crippen LogP contribution in [0.5, 0.6) is 0 Å². The fraction of sp³-hybridized carbons (Fsp3) is 0.600. The molecule has 9 heteroatoms. The first-order valence-electron chi connectivity index (χ1n) is 10.4. The molecule has 2 heterocycles. The molecule has 0 spiro atoms. The molecule has 1 N–H and O–H groups in total. The Morgan fingerprint density at radius 3 is 2.28 bits per heavy atom. The standard InChI is InChI=1S/C20H27N5O4/c26-19(15-2-1-3-15)24-12-10-22(11-13-24)17-5-4-16(14-18(17)25(28)29)20(27)23-8-6-21-7-9-23/h4-5,14-15,21H,1-3,6-13H2. The third-order valence-electron chi connectivity index (χ3n) is 6.21. The maximum Gasteiger partial charge on any atom is 0.293 e. The topological polar surface area (TPSA) is 99.0 Å². The molecule has 2 saturated heterocycles. The molecule has 4 rings (SSSR count). The van der Waals surface area contributed by atoms with Gasteiger partial charge in [-0.1, -0.05) is 6.42 Å². The number of nitrogens with zero attached hydrogens (tertiary/aromatic N) is 4. The van der Waals surface area contributed by atoms with E-state index in [1.54, 1.807) is 17.0 Å². The molecule has 1 saturated carbocycles. The number of amides is 2. The zero-order chi connectivity index (χ0) is 20.4. The van der Waals surface area contributed by atoms with Crippen LogP contribution in [0.1, 0.15) is 29.6 Å². The van der Waals surface area contributed by atoms with Crippen LogP contribution in [0.25, 0.3) is 0 Å². The minimum Gasteiger partial charge on any atom is -0.362 e. The van der Waals surface area contributed by atoms with Crippen molar-refractivity contribution in [3.8, 4) is 0 Å². The molecule has 0 bridgehead atoms. The van der Waals surface area contributed by atoms with Gasteiger partial charge < -0.3 is 20.0 Å². The molecule has 3 fully saturated rings. The fourth-order valence-electron chi connectivity index (χ4n) is 4.20. The van der Waals surface area contributed by atoms with E-state index >= 15 is 0 Å². The number of rotatable bonds is 4. The quantitative estimate of drug-likeness (QED) is 0.599. The van der Waals surface area contributed by atoms with Crippen molar-refractivity contribution in [2.45, 2.75) is 19.3 Å². The average Bonchev–Trinajstić information content (AvgIpc) is 2.72. The third-order valence-corrected chi connectivity index (χ3v) is 6.21. The molecule has 3 aliphatic rings. The maximum atomic E-state index is 12.7. The molecule has 0 atom stereocenters. The van der Waals surface area contributed by atoms with E-state index in [-0.39, 0.29) is 23.4 Å². The Morgan fingerprint density at radius 1 is 1.00 bits per heavy atom. The van der Waals surface area contributed by atoms with Gasteiger partial charge in [-0.15, -0.1) is 0 Å². The van der Waals surface area contributed by atoms with Gasteiger partial charge in [-0.25, -0.2) is 0 Å². The van der Waals surface area contributed by atoms with Crippen molar-refractivity contribution in [1.29, 1.82) is 0 Å². The zero-order valence-corrected chi connectivity index (χ0v) is 16.5. The lowest BCUT2D eigenvalue weighted by Gasteiger charge is -2.39. The number of nitro groups is 1. The summed E-state index contributed by atoms with van der Waals surface area (Å²) in [4.78, 5) is 42.0. The van der Waals surface area contributed by atoms with Crippen molar-refractivity contribution in [3.05, 3.63) is 33.9 Å². The van der Waals surface area contributed by atoms with Gasteiger partial charge in [0.15, 0.2) is 0 Å². The average molecular weight is 401 g/mol. The Bertz CT molecular complexity index is 796. The van der Waals surface area contributed by atoms with Crippen LogP contribution in [0.4, 0.5) is 11.4 Å². The van der Waals surface area contributed by atoms with Gasteiger partial charge >= 0.3 is 0 Å². The van der Waals surface area contributed by atoms with E-state index < -0.39 is 4.92 Å². The molecular formula is C20H27N5O4. The van der Waals surface area contributed by atoms with Crippen molar-refractivity contribution < 1.29 is 14.5 Å². The number of nitro benzene ring substituents is 1. The predicted octanol–water partition coefficient (Wildman–Crippen LogP) is 1.09. The van der Waals surface area contributed by atoms with Crippen LogP contribution in [0.15, 0.2) is 18.2 Å². The number of carbonyl (C=O) groups excluding carboxylic acids is 2. The van der Waals surface area contributed by atoms with Crippen molar-refractivity contribution in [2.75, 3.05) is 57.3 Å². The molecule has 1 aliphatic carbocycles. The molecule has 0 radical (unpaired) electrons. The molecule has 2 aliphatic heterocycles. The van der Waals surface area contributed by atoms with E-state index in [0.29, 0.717) is 50.5 Å². The second kappa shape index (κ2) is 8.36. The highest BCUT2D eigenvalue weighted by Gasteiger charge is 2.32. The molecule has 1 aromatic rings. The zero-order valence-electron chi connectivity index (χ0n) is 16.5. The maximum absolute atomic E-state index is 12.7. The van der Waals surface area contributed by atoms with Gasteiger partial charge in [0, 0.05) is 69.9 Å². The van der Waals surface area contributed by atoms with E-state index in [4.69, 9.17) is 0 Å². The number of hydrogen-bond donors (Lipinski definition) is 1. The highest BCUT2D eigenvalue weighted by molar-refractivity contribution is 5.96. The van der Waals surface area contributed by atoms with Crippen molar-refractivity contribution in [1.82, 2.24) is 15.1 Å². The number of piperazine rings is 2. The first-order valence-corrected chi connectivity index (χ1v) is 10.4. The molecule has 0 unspecified atom stereocenters. The van der Waals surface area contributed by atoms with Gasteiger partial charge in [-0.05, 0) is 25.0 Å². The van der Waals surface area contributed by atoms with Crippen LogP contribution < -0.4 is 10.2 Å². The van der Waals surface area contributed by atoms with E-state index in [9.17, 15) is 19.7 Å². The Kier molecular flexibility index (Phi) is 5.66. The number of hydrogen-bond acceptors (Lipinski definition) is 6.